The highest BCUT2D eigenvalue weighted by molar-refractivity contribution is 5.51. The van der Waals surface area contributed by atoms with E-state index in [9.17, 15) is 0 Å². The van der Waals surface area contributed by atoms with Crippen LogP contribution in [-0.4, -0.2) is 20.8 Å². The Kier molecular flexibility index (Phi) is 3.81. The summed E-state index contributed by atoms with van der Waals surface area (Å²) in [6, 6.07) is 2.46. The summed E-state index contributed by atoms with van der Waals surface area (Å²) in [5.41, 5.74) is 2.03. The molecule has 0 amide bonds. The van der Waals surface area contributed by atoms with Crippen LogP contribution in [0.4, 0.5) is 0 Å². The standard InChI is InChI=1S/C13H20N4O/c1-5-10-6-11(17(4)16-10)12-7-15-13(18-12)8-14-9(2)3/h6-7,9,14H,5,8H2,1-4H3. The molecule has 0 saturated heterocycles. The Bertz CT molecular complexity index is 513. The second-order valence-electron chi connectivity index (χ2n) is 4.65. The van der Waals surface area contributed by atoms with Gasteiger partial charge in [0.25, 0.3) is 0 Å². The van der Waals surface area contributed by atoms with Gasteiger partial charge in [0, 0.05) is 13.1 Å². The molecule has 0 spiro atoms. The van der Waals surface area contributed by atoms with Gasteiger partial charge < -0.3 is 9.73 Å². The van der Waals surface area contributed by atoms with Gasteiger partial charge in [-0.2, -0.15) is 5.10 Å². The first-order valence-corrected chi connectivity index (χ1v) is 6.31. The van der Waals surface area contributed by atoms with Crippen LogP contribution in [0.15, 0.2) is 16.7 Å². The smallest absolute Gasteiger partial charge is 0.208 e. The first kappa shape index (κ1) is 12.8. The molecule has 5 heteroatoms. The van der Waals surface area contributed by atoms with E-state index in [1.165, 1.54) is 0 Å². The van der Waals surface area contributed by atoms with E-state index in [-0.39, 0.29) is 0 Å². The van der Waals surface area contributed by atoms with E-state index in [1.54, 1.807) is 6.20 Å². The molecule has 0 aliphatic heterocycles. The number of rotatable bonds is 5. The zero-order chi connectivity index (χ0) is 13.1. The molecule has 2 aromatic heterocycles. The first-order chi connectivity index (χ1) is 8.60. The predicted molar refractivity (Wildman–Crippen MR) is 70.1 cm³/mol. The van der Waals surface area contributed by atoms with Crippen LogP contribution in [0.25, 0.3) is 11.5 Å². The highest BCUT2D eigenvalue weighted by atomic mass is 16.4. The van der Waals surface area contributed by atoms with Gasteiger partial charge >= 0.3 is 0 Å². The number of hydrogen-bond acceptors (Lipinski definition) is 4. The van der Waals surface area contributed by atoms with Crippen molar-refractivity contribution in [3.8, 4) is 11.5 Å². The van der Waals surface area contributed by atoms with E-state index < -0.39 is 0 Å². The van der Waals surface area contributed by atoms with E-state index >= 15 is 0 Å². The van der Waals surface area contributed by atoms with Gasteiger partial charge in [0.1, 0.15) is 5.69 Å². The summed E-state index contributed by atoms with van der Waals surface area (Å²) in [5.74, 6) is 1.48. The van der Waals surface area contributed by atoms with Gasteiger partial charge in [-0.15, -0.1) is 0 Å². The molecule has 0 bridgehead atoms. The van der Waals surface area contributed by atoms with Crippen LogP contribution in [0, 0.1) is 0 Å². The third kappa shape index (κ3) is 2.79. The highest BCUT2D eigenvalue weighted by Gasteiger charge is 2.11. The number of nitrogens with zero attached hydrogens (tertiary/aromatic N) is 3. The number of aromatic nitrogens is 3. The molecule has 0 fully saturated rings. The van der Waals surface area contributed by atoms with Crippen LogP contribution in [-0.2, 0) is 20.0 Å². The molecule has 5 nitrogen and oxygen atoms in total. The molecule has 2 rings (SSSR count). The van der Waals surface area contributed by atoms with Gasteiger partial charge in [-0.1, -0.05) is 20.8 Å². The van der Waals surface area contributed by atoms with Gasteiger partial charge in [-0.25, -0.2) is 4.98 Å². The Balaban J connectivity index is 2.15. The quantitative estimate of drug-likeness (QED) is 0.880. The number of hydrogen-bond donors (Lipinski definition) is 1. The molecule has 0 aliphatic rings. The predicted octanol–water partition coefficient (Wildman–Crippen LogP) is 2.14. The molecule has 0 aliphatic carbocycles. The molecule has 98 valence electrons. The fourth-order valence-corrected chi connectivity index (χ4v) is 1.73. The van der Waals surface area contributed by atoms with Crippen molar-refractivity contribution in [2.24, 2.45) is 7.05 Å². The highest BCUT2D eigenvalue weighted by Crippen LogP contribution is 2.21. The van der Waals surface area contributed by atoms with Gasteiger partial charge in [-0.3, -0.25) is 4.68 Å². The summed E-state index contributed by atoms with van der Waals surface area (Å²) in [6.45, 7) is 6.93. The fourth-order valence-electron chi connectivity index (χ4n) is 1.73. The second-order valence-corrected chi connectivity index (χ2v) is 4.65. The van der Waals surface area contributed by atoms with E-state index in [4.69, 9.17) is 4.42 Å². The van der Waals surface area contributed by atoms with Crippen molar-refractivity contribution in [1.82, 2.24) is 20.1 Å². The molecule has 2 heterocycles. The summed E-state index contributed by atoms with van der Waals surface area (Å²) in [4.78, 5) is 4.27. The van der Waals surface area contributed by atoms with Crippen molar-refractivity contribution >= 4 is 0 Å². The molecule has 0 atom stereocenters. The Morgan fingerprint density at radius 1 is 1.44 bits per heavy atom. The van der Waals surface area contributed by atoms with Crippen LogP contribution in [0.1, 0.15) is 32.4 Å². The third-order valence-corrected chi connectivity index (χ3v) is 2.76. The largest absolute Gasteiger partial charge is 0.438 e. The summed E-state index contributed by atoms with van der Waals surface area (Å²) < 4.78 is 7.56. The number of nitrogens with one attached hydrogen (secondary N) is 1. The van der Waals surface area contributed by atoms with Crippen LogP contribution in [0.2, 0.25) is 0 Å². The van der Waals surface area contributed by atoms with Crippen molar-refractivity contribution in [2.45, 2.75) is 39.8 Å². The van der Waals surface area contributed by atoms with E-state index in [0.717, 1.165) is 23.6 Å². The monoisotopic (exact) mass is 248 g/mol. The lowest BCUT2D eigenvalue weighted by atomic mass is 10.3. The molecule has 2 aromatic rings. The van der Waals surface area contributed by atoms with Crippen molar-refractivity contribution in [3.05, 3.63) is 23.8 Å². The average Bonchev–Trinajstić information content (AvgIpc) is 2.92. The van der Waals surface area contributed by atoms with E-state index in [2.05, 4.69) is 36.2 Å². The Morgan fingerprint density at radius 3 is 2.83 bits per heavy atom. The van der Waals surface area contributed by atoms with E-state index in [0.29, 0.717) is 18.5 Å². The molecule has 0 aromatic carbocycles. The van der Waals surface area contributed by atoms with Crippen molar-refractivity contribution in [3.63, 3.8) is 0 Å². The van der Waals surface area contributed by atoms with Crippen LogP contribution < -0.4 is 5.32 Å². The maximum absolute atomic E-state index is 5.72. The van der Waals surface area contributed by atoms with Crippen LogP contribution in [0.5, 0.6) is 0 Å². The molecule has 1 N–H and O–H groups in total. The molecular formula is C13H20N4O. The molecule has 0 unspecified atom stereocenters. The minimum atomic E-state index is 0.420. The van der Waals surface area contributed by atoms with E-state index in [1.807, 2.05) is 17.8 Å². The minimum Gasteiger partial charge on any atom is -0.438 e. The Morgan fingerprint density at radius 2 is 2.22 bits per heavy atom. The number of oxazole rings is 1. The van der Waals surface area contributed by atoms with Crippen molar-refractivity contribution in [2.75, 3.05) is 0 Å². The molecule has 0 radical (unpaired) electrons. The third-order valence-electron chi connectivity index (χ3n) is 2.76. The van der Waals surface area contributed by atoms with Gasteiger partial charge in [0.05, 0.1) is 18.4 Å². The second kappa shape index (κ2) is 5.35. The normalized spacial score (nSPS) is 11.4. The summed E-state index contributed by atoms with van der Waals surface area (Å²) >= 11 is 0. The zero-order valence-electron chi connectivity index (χ0n) is 11.4. The average molecular weight is 248 g/mol. The Hall–Kier alpha value is -1.62. The fraction of sp³-hybridized carbons (Fsp3) is 0.538. The first-order valence-electron chi connectivity index (χ1n) is 6.31. The summed E-state index contributed by atoms with van der Waals surface area (Å²) in [7, 11) is 1.92. The lowest BCUT2D eigenvalue weighted by molar-refractivity contribution is 0.456. The summed E-state index contributed by atoms with van der Waals surface area (Å²) in [6.07, 6.45) is 2.68. The van der Waals surface area contributed by atoms with Gasteiger partial charge in [0.2, 0.25) is 5.89 Å². The van der Waals surface area contributed by atoms with Gasteiger partial charge in [-0.05, 0) is 12.5 Å². The zero-order valence-corrected chi connectivity index (χ0v) is 11.4. The maximum Gasteiger partial charge on any atom is 0.208 e. The van der Waals surface area contributed by atoms with Crippen LogP contribution >= 0.6 is 0 Å². The minimum absolute atomic E-state index is 0.420. The topological polar surface area (TPSA) is 55.9 Å². The Labute approximate surface area is 107 Å². The lowest BCUT2D eigenvalue weighted by Gasteiger charge is -2.04. The molecule has 18 heavy (non-hydrogen) atoms. The molecule has 0 saturated carbocycles. The molecular weight excluding hydrogens is 228 g/mol. The number of aryl methyl sites for hydroxylation is 2. The van der Waals surface area contributed by atoms with Crippen LogP contribution in [0.3, 0.4) is 0 Å². The van der Waals surface area contributed by atoms with Crippen molar-refractivity contribution < 1.29 is 4.42 Å². The SMILES string of the molecule is CCc1cc(-c2cnc(CNC(C)C)o2)n(C)n1. The van der Waals surface area contributed by atoms with Gasteiger partial charge in [0.15, 0.2) is 5.76 Å². The van der Waals surface area contributed by atoms with Crippen molar-refractivity contribution in [1.29, 1.82) is 0 Å². The lowest BCUT2D eigenvalue weighted by Crippen LogP contribution is -2.21. The summed E-state index contributed by atoms with van der Waals surface area (Å²) in [5, 5.41) is 7.68. The maximum atomic E-state index is 5.72.